The van der Waals surface area contributed by atoms with Gasteiger partial charge < -0.3 is 10.6 Å². The van der Waals surface area contributed by atoms with Crippen LogP contribution in [-0.2, 0) is 11.2 Å². The van der Waals surface area contributed by atoms with Crippen molar-refractivity contribution in [2.45, 2.75) is 12.6 Å². The van der Waals surface area contributed by atoms with Crippen molar-refractivity contribution in [3.05, 3.63) is 23.8 Å². The van der Waals surface area contributed by atoms with E-state index in [9.17, 15) is 18.0 Å². The van der Waals surface area contributed by atoms with E-state index in [-0.39, 0.29) is 12.2 Å². The molecule has 0 bridgehead atoms. The minimum Gasteiger partial charge on any atom is -0.398 e. The Kier molecular flexibility index (Phi) is 2.29. The Hall–Kier alpha value is -1.72. The molecule has 1 aliphatic rings. The zero-order valence-electron chi connectivity index (χ0n) is 8.21. The second kappa shape index (κ2) is 3.40. The van der Waals surface area contributed by atoms with Gasteiger partial charge in [0.2, 0.25) is 0 Å². The number of halogens is 3. The van der Waals surface area contributed by atoms with Crippen molar-refractivity contribution < 1.29 is 18.0 Å². The van der Waals surface area contributed by atoms with Crippen LogP contribution in [-0.4, -0.2) is 18.6 Å². The lowest BCUT2D eigenvalue weighted by atomic mass is 10.1. The zero-order valence-corrected chi connectivity index (χ0v) is 8.21. The van der Waals surface area contributed by atoms with Crippen LogP contribution in [0.4, 0.5) is 24.5 Å². The highest BCUT2D eigenvalue weighted by molar-refractivity contribution is 5.99. The third kappa shape index (κ3) is 1.60. The molecule has 2 N–H and O–H groups in total. The molecule has 0 atom stereocenters. The number of nitrogen functional groups attached to an aromatic ring is 1. The number of hydrogen-bond donors (Lipinski definition) is 1. The highest BCUT2D eigenvalue weighted by Gasteiger charge is 2.44. The van der Waals surface area contributed by atoms with Crippen molar-refractivity contribution in [3.63, 3.8) is 0 Å². The van der Waals surface area contributed by atoms with Gasteiger partial charge >= 0.3 is 12.1 Å². The van der Waals surface area contributed by atoms with Gasteiger partial charge in [0.1, 0.15) is 0 Å². The van der Waals surface area contributed by atoms with Gasteiger partial charge in [-0.1, -0.05) is 6.07 Å². The maximum absolute atomic E-state index is 12.3. The molecule has 1 amide bonds. The zero-order chi connectivity index (χ0) is 11.9. The van der Waals surface area contributed by atoms with Gasteiger partial charge in [-0.3, -0.25) is 4.79 Å². The molecule has 0 aromatic heterocycles. The first kappa shape index (κ1) is 10.8. The van der Waals surface area contributed by atoms with Crippen LogP contribution in [0, 0.1) is 0 Å². The molecule has 1 aliphatic heterocycles. The van der Waals surface area contributed by atoms with E-state index in [1.165, 1.54) is 12.1 Å². The Morgan fingerprint density at radius 1 is 1.38 bits per heavy atom. The van der Waals surface area contributed by atoms with Gasteiger partial charge in [0, 0.05) is 23.5 Å². The third-order valence-electron chi connectivity index (χ3n) is 2.55. The summed E-state index contributed by atoms with van der Waals surface area (Å²) in [6.07, 6.45) is -4.48. The Morgan fingerprint density at radius 3 is 2.69 bits per heavy atom. The summed E-state index contributed by atoms with van der Waals surface area (Å²) in [6, 6.07) is 4.62. The average Bonchev–Trinajstić information content (AvgIpc) is 2.60. The summed E-state index contributed by atoms with van der Waals surface area (Å²) >= 11 is 0. The van der Waals surface area contributed by atoms with Gasteiger partial charge in [-0.2, -0.15) is 13.2 Å². The van der Waals surface area contributed by atoms with E-state index in [0.717, 1.165) is 4.90 Å². The maximum atomic E-state index is 12.3. The van der Waals surface area contributed by atoms with E-state index in [0.29, 0.717) is 17.7 Å². The number of carbonyl (C=O) groups excluding carboxylic acids is 1. The molecule has 2 rings (SSSR count). The molecular formula is C10H9F3N2O. The number of benzene rings is 1. The number of rotatable bonds is 0. The number of nitrogens with zero attached hydrogens (tertiary/aromatic N) is 1. The molecule has 0 saturated heterocycles. The van der Waals surface area contributed by atoms with Crippen molar-refractivity contribution in [1.29, 1.82) is 0 Å². The second-order valence-corrected chi connectivity index (χ2v) is 3.55. The smallest absolute Gasteiger partial charge is 0.398 e. The van der Waals surface area contributed by atoms with E-state index >= 15 is 0 Å². The van der Waals surface area contributed by atoms with Crippen molar-refractivity contribution in [3.8, 4) is 0 Å². The molecule has 1 heterocycles. The number of nitrogens with two attached hydrogens (primary N) is 1. The number of hydrogen-bond acceptors (Lipinski definition) is 2. The van der Waals surface area contributed by atoms with E-state index in [2.05, 4.69) is 0 Å². The Bertz CT molecular complexity index is 442. The van der Waals surface area contributed by atoms with Crippen LogP contribution >= 0.6 is 0 Å². The van der Waals surface area contributed by atoms with E-state index in [1.807, 2.05) is 0 Å². The lowest BCUT2D eigenvalue weighted by Gasteiger charge is -2.18. The lowest BCUT2D eigenvalue weighted by molar-refractivity contribution is -0.170. The molecule has 16 heavy (non-hydrogen) atoms. The standard InChI is InChI=1S/C10H9F3N2O/c11-10(12,13)9(16)15-5-4-6-7(14)2-1-3-8(6)15/h1-3H,4-5,14H2. The lowest BCUT2D eigenvalue weighted by Crippen LogP contribution is -2.40. The first-order valence-electron chi connectivity index (χ1n) is 4.67. The number of anilines is 2. The topological polar surface area (TPSA) is 46.3 Å². The van der Waals surface area contributed by atoms with E-state index in [4.69, 9.17) is 5.73 Å². The Morgan fingerprint density at radius 2 is 2.06 bits per heavy atom. The van der Waals surface area contributed by atoms with Crippen LogP contribution in [0.5, 0.6) is 0 Å². The minimum absolute atomic E-state index is 0.0297. The fourth-order valence-electron chi connectivity index (χ4n) is 1.83. The number of fused-ring (bicyclic) bond motifs is 1. The summed E-state index contributed by atoms with van der Waals surface area (Å²) in [5.74, 6) is -1.84. The van der Waals surface area contributed by atoms with Gasteiger partial charge in [-0.25, -0.2) is 0 Å². The Labute approximate surface area is 89.6 Å². The molecule has 0 aliphatic carbocycles. The molecule has 0 saturated carbocycles. The average molecular weight is 230 g/mol. The SMILES string of the molecule is Nc1cccc2c1CCN2C(=O)C(F)(F)F. The second-order valence-electron chi connectivity index (χ2n) is 3.55. The molecular weight excluding hydrogens is 221 g/mol. The quantitative estimate of drug-likeness (QED) is 0.690. The summed E-state index contributed by atoms with van der Waals surface area (Å²) in [4.78, 5) is 11.8. The van der Waals surface area contributed by atoms with Crippen molar-refractivity contribution in [1.82, 2.24) is 0 Å². The number of amides is 1. The summed E-state index contributed by atoms with van der Waals surface area (Å²) in [5.41, 5.74) is 6.93. The molecule has 3 nitrogen and oxygen atoms in total. The van der Waals surface area contributed by atoms with Gasteiger partial charge in [0.05, 0.1) is 0 Å². The van der Waals surface area contributed by atoms with Crippen LogP contribution in [0.2, 0.25) is 0 Å². The largest absolute Gasteiger partial charge is 0.471 e. The van der Waals surface area contributed by atoms with Crippen LogP contribution in [0.3, 0.4) is 0 Å². The van der Waals surface area contributed by atoms with Gasteiger partial charge in [-0.15, -0.1) is 0 Å². The molecule has 1 aromatic rings. The minimum atomic E-state index is -4.84. The van der Waals surface area contributed by atoms with Crippen molar-refractivity contribution >= 4 is 17.3 Å². The normalized spacial score (nSPS) is 15.1. The van der Waals surface area contributed by atoms with Crippen molar-refractivity contribution in [2.24, 2.45) is 0 Å². The molecule has 0 radical (unpaired) electrons. The van der Waals surface area contributed by atoms with Crippen LogP contribution in [0.15, 0.2) is 18.2 Å². The highest BCUT2D eigenvalue weighted by atomic mass is 19.4. The summed E-state index contributed by atoms with van der Waals surface area (Å²) in [5, 5.41) is 0. The molecule has 0 unspecified atom stereocenters. The molecule has 86 valence electrons. The molecule has 6 heteroatoms. The van der Waals surface area contributed by atoms with E-state index in [1.54, 1.807) is 6.07 Å². The van der Waals surface area contributed by atoms with Crippen LogP contribution in [0.1, 0.15) is 5.56 Å². The fraction of sp³-hybridized carbons (Fsp3) is 0.300. The maximum Gasteiger partial charge on any atom is 0.471 e. The summed E-state index contributed by atoms with van der Waals surface area (Å²) < 4.78 is 36.8. The summed E-state index contributed by atoms with van der Waals surface area (Å²) in [6.45, 7) is 0.0297. The molecule has 0 fully saturated rings. The molecule has 1 aromatic carbocycles. The van der Waals surface area contributed by atoms with Crippen LogP contribution in [0.25, 0.3) is 0 Å². The predicted molar refractivity (Wildman–Crippen MR) is 53.0 cm³/mol. The van der Waals surface area contributed by atoms with Gasteiger partial charge in [-0.05, 0) is 18.6 Å². The summed E-state index contributed by atoms with van der Waals surface area (Å²) in [7, 11) is 0. The molecule has 0 spiro atoms. The van der Waals surface area contributed by atoms with Gasteiger partial charge in [0.25, 0.3) is 0 Å². The Balaban J connectivity index is 2.38. The monoisotopic (exact) mass is 230 g/mol. The number of carbonyl (C=O) groups is 1. The van der Waals surface area contributed by atoms with E-state index < -0.39 is 12.1 Å². The third-order valence-corrected chi connectivity index (χ3v) is 2.55. The highest BCUT2D eigenvalue weighted by Crippen LogP contribution is 2.34. The van der Waals surface area contributed by atoms with Gasteiger partial charge in [0.15, 0.2) is 0 Å². The number of alkyl halides is 3. The van der Waals surface area contributed by atoms with Crippen molar-refractivity contribution in [2.75, 3.05) is 17.2 Å². The first-order valence-corrected chi connectivity index (χ1v) is 4.67. The fourth-order valence-corrected chi connectivity index (χ4v) is 1.83. The first-order chi connectivity index (χ1) is 7.41. The van der Waals surface area contributed by atoms with Crippen LogP contribution < -0.4 is 10.6 Å². The predicted octanol–water partition coefficient (Wildman–Crippen LogP) is 1.72.